The highest BCUT2D eigenvalue weighted by Crippen LogP contribution is 2.53. The number of anilines is 2. The van der Waals surface area contributed by atoms with E-state index in [1.807, 2.05) is 31.2 Å². The molecule has 1 N–H and O–H groups in total. The first-order valence-electron chi connectivity index (χ1n) is 10.8. The summed E-state index contributed by atoms with van der Waals surface area (Å²) in [7, 11) is 0. The molecule has 1 amide bonds. The van der Waals surface area contributed by atoms with Gasteiger partial charge in [0.05, 0.1) is 0 Å². The van der Waals surface area contributed by atoms with Gasteiger partial charge in [0.15, 0.2) is 0 Å². The van der Waals surface area contributed by atoms with E-state index in [0.29, 0.717) is 23.7 Å². The van der Waals surface area contributed by atoms with Crippen LogP contribution in [0.2, 0.25) is 0 Å². The molecule has 146 valence electrons. The van der Waals surface area contributed by atoms with Gasteiger partial charge in [-0.1, -0.05) is 42.5 Å². The third kappa shape index (κ3) is 2.60. The average Bonchev–Trinajstić information content (AvgIpc) is 3.39. The van der Waals surface area contributed by atoms with Crippen molar-refractivity contribution in [3.63, 3.8) is 0 Å². The van der Waals surface area contributed by atoms with E-state index in [1.165, 1.54) is 16.8 Å². The number of rotatable bonds is 2. The van der Waals surface area contributed by atoms with Crippen LogP contribution in [0.15, 0.2) is 60.7 Å². The van der Waals surface area contributed by atoms with Gasteiger partial charge in [0.2, 0.25) is 0 Å². The zero-order valence-corrected chi connectivity index (χ0v) is 16.8. The molecule has 3 nitrogen and oxygen atoms in total. The number of aryl methyl sites for hydroxylation is 1. The van der Waals surface area contributed by atoms with Crippen LogP contribution in [0.5, 0.6) is 0 Å². The van der Waals surface area contributed by atoms with Crippen molar-refractivity contribution in [1.29, 1.82) is 0 Å². The normalized spacial score (nSPS) is 28.1. The number of carbonyl (C=O) groups is 1. The fourth-order valence-electron chi connectivity index (χ4n) is 5.91. The van der Waals surface area contributed by atoms with Gasteiger partial charge in [0.1, 0.15) is 0 Å². The van der Waals surface area contributed by atoms with Crippen molar-refractivity contribution in [1.82, 2.24) is 0 Å². The summed E-state index contributed by atoms with van der Waals surface area (Å²) in [5.41, 5.74) is 6.91. The summed E-state index contributed by atoms with van der Waals surface area (Å²) >= 11 is 0. The second-order valence-corrected chi connectivity index (χ2v) is 9.08. The van der Waals surface area contributed by atoms with Gasteiger partial charge in [0, 0.05) is 41.9 Å². The largest absolute Gasteiger partial charge is 0.370 e. The Balaban J connectivity index is 1.46. The van der Waals surface area contributed by atoms with Gasteiger partial charge in [-0.3, -0.25) is 4.79 Å². The van der Waals surface area contributed by atoms with Crippen LogP contribution in [0.3, 0.4) is 0 Å². The molecular weight excluding hydrogens is 356 g/mol. The van der Waals surface area contributed by atoms with E-state index < -0.39 is 0 Å². The lowest BCUT2D eigenvalue weighted by molar-refractivity contribution is 0.102. The SMILES string of the molecule is Cc1ccccc1NC(=O)c1cc2c3c(c1)[C@H]1C=CC[C@@H]1CN3C[C@H]1CC=C[C@H]21. The molecule has 2 aliphatic heterocycles. The highest BCUT2D eigenvalue weighted by atomic mass is 16.1. The highest BCUT2D eigenvalue weighted by molar-refractivity contribution is 6.05. The predicted molar refractivity (Wildman–Crippen MR) is 118 cm³/mol. The van der Waals surface area contributed by atoms with Crippen molar-refractivity contribution < 1.29 is 4.79 Å². The lowest BCUT2D eigenvalue weighted by Crippen LogP contribution is -2.43. The molecule has 0 bridgehead atoms. The molecule has 0 radical (unpaired) electrons. The summed E-state index contributed by atoms with van der Waals surface area (Å²) in [5, 5.41) is 3.14. The van der Waals surface area contributed by atoms with E-state index in [-0.39, 0.29) is 5.91 Å². The molecule has 2 heterocycles. The number of carbonyl (C=O) groups excluding carboxylic acids is 1. The van der Waals surface area contributed by atoms with Crippen LogP contribution in [-0.2, 0) is 0 Å². The maximum absolute atomic E-state index is 13.2. The Morgan fingerprint density at radius 3 is 2.21 bits per heavy atom. The Morgan fingerprint density at radius 1 is 0.966 bits per heavy atom. The number of para-hydroxylation sites is 1. The summed E-state index contributed by atoms with van der Waals surface area (Å²) in [6.45, 7) is 4.33. The van der Waals surface area contributed by atoms with Gasteiger partial charge in [-0.05, 0) is 66.5 Å². The topological polar surface area (TPSA) is 32.3 Å². The van der Waals surface area contributed by atoms with Crippen molar-refractivity contribution in [2.75, 3.05) is 23.3 Å². The van der Waals surface area contributed by atoms with Crippen LogP contribution in [-0.4, -0.2) is 19.0 Å². The minimum Gasteiger partial charge on any atom is -0.370 e. The van der Waals surface area contributed by atoms with Gasteiger partial charge in [-0.15, -0.1) is 0 Å². The number of benzene rings is 2. The van der Waals surface area contributed by atoms with Crippen molar-refractivity contribution in [2.24, 2.45) is 11.8 Å². The smallest absolute Gasteiger partial charge is 0.255 e. The van der Waals surface area contributed by atoms with Crippen LogP contribution in [0, 0.1) is 18.8 Å². The third-order valence-electron chi connectivity index (χ3n) is 7.35. The number of hydrogen-bond donors (Lipinski definition) is 1. The van der Waals surface area contributed by atoms with Crippen molar-refractivity contribution >= 4 is 17.3 Å². The molecule has 29 heavy (non-hydrogen) atoms. The average molecular weight is 383 g/mol. The standard InChI is InChI=1S/C26H26N2O/c1-16-6-2-3-11-24(16)27-26(29)19-12-22-20-9-4-7-17(20)14-28-15-18-8-5-10-21(18)23(13-19)25(22)28/h2-6,9-13,17-18,20-21H,7-8,14-15H2,1H3,(H,27,29)/t17-,18-,20+,21+/m1/s1. The summed E-state index contributed by atoms with van der Waals surface area (Å²) in [5.74, 6) is 2.20. The van der Waals surface area contributed by atoms with E-state index in [0.717, 1.165) is 42.7 Å². The van der Waals surface area contributed by atoms with E-state index in [2.05, 4.69) is 46.7 Å². The molecule has 2 aromatic rings. The van der Waals surface area contributed by atoms with E-state index in [9.17, 15) is 4.79 Å². The van der Waals surface area contributed by atoms with E-state index >= 15 is 0 Å². The lowest BCUT2D eigenvalue weighted by Gasteiger charge is -2.46. The van der Waals surface area contributed by atoms with Gasteiger partial charge < -0.3 is 10.2 Å². The number of fused-ring (bicyclic) bond motifs is 4. The molecule has 6 rings (SSSR count). The van der Waals surface area contributed by atoms with Crippen molar-refractivity contribution in [2.45, 2.75) is 31.6 Å². The van der Waals surface area contributed by atoms with Gasteiger partial charge in [-0.2, -0.15) is 0 Å². The van der Waals surface area contributed by atoms with Gasteiger partial charge in [-0.25, -0.2) is 0 Å². The second-order valence-electron chi connectivity index (χ2n) is 9.08. The summed E-state index contributed by atoms with van der Waals surface area (Å²) in [6, 6.07) is 12.3. The number of hydrogen-bond acceptors (Lipinski definition) is 2. The number of nitrogens with one attached hydrogen (secondary N) is 1. The zero-order chi connectivity index (χ0) is 19.5. The van der Waals surface area contributed by atoms with Crippen LogP contribution >= 0.6 is 0 Å². The quantitative estimate of drug-likeness (QED) is 0.705. The Labute approximate surface area is 172 Å². The van der Waals surface area contributed by atoms with Crippen LogP contribution < -0.4 is 10.2 Å². The molecule has 2 aliphatic carbocycles. The molecule has 0 unspecified atom stereocenters. The molecule has 3 heteroatoms. The van der Waals surface area contributed by atoms with Crippen LogP contribution in [0.1, 0.15) is 51.7 Å². The first kappa shape index (κ1) is 17.1. The van der Waals surface area contributed by atoms with Gasteiger partial charge >= 0.3 is 0 Å². The van der Waals surface area contributed by atoms with E-state index in [4.69, 9.17) is 0 Å². The minimum atomic E-state index is -0.00176. The Morgan fingerprint density at radius 2 is 1.59 bits per heavy atom. The first-order valence-corrected chi connectivity index (χ1v) is 10.8. The maximum atomic E-state index is 13.2. The number of allylic oxidation sites excluding steroid dienone is 4. The molecular formula is C26H26N2O. The van der Waals surface area contributed by atoms with Crippen molar-refractivity contribution in [3.8, 4) is 0 Å². The first-order chi connectivity index (χ1) is 14.2. The molecule has 0 fully saturated rings. The Kier molecular flexibility index (Phi) is 3.74. The summed E-state index contributed by atoms with van der Waals surface area (Å²) in [6.07, 6.45) is 11.7. The Bertz CT molecular complexity index is 1020. The maximum Gasteiger partial charge on any atom is 0.255 e. The summed E-state index contributed by atoms with van der Waals surface area (Å²) in [4.78, 5) is 15.9. The summed E-state index contributed by atoms with van der Waals surface area (Å²) < 4.78 is 0. The second kappa shape index (κ2) is 6.35. The minimum absolute atomic E-state index is 0.00176. The number of nitrogens with zero attached hydrogens (tertiary/aromatic N) is 1. The molecule has 0 aromatic heterocycles. The number of amides is 1. The predicted octanol–water partition coefficient (Wildman–Crippen LogP) is 5.40. The molecule has 2 aromatic carbocycles. The van der Waals surface area contributed by atoms with Crippen LogP contribution in [0.25, 0.3) is 0 Å². The van der Waals surface area contributed by atoms with Crippen molar-refractivity contribution in [3.05, 3.63) is 83.0 Å². The fraction of sp³-hybridized carbons (Fsp3) is 0.346. The fourth-order valence-corrected chi connectivity index (χ4v) is 5.91. The molecule has 4 atom stereocenters. The Hall–Kier alpha value is -2.81. The monoisotopic (exact) mass is 382 g/mol. The zero-order valence-electron chi connectivity index (χ0n) is 16.8. The third-order valence-corrected chi connectivity index (χ3v) is 7.35. The molecule has 0 saturated heterocycles. The molecule has 4 aliphatic rings. The highest BCUT2D eigenvalue weighted by Gasteiger charge is 2.42. The molecule has 0 saturated carbocycles. The van der Waals surface area contributed by atoms with Crippen LogP contribution in [0.4, 0.5) is 11.4 Å². The van der Waals surface area contributed by atoms with E-state index in [1.54, 1.807) is 0 Å². The lowest BCUT2D eigenvalue weighted by atomic mass is 9.74. The van der Waals surface area contributed by atoms with Gasteiger partial charge in [0.25, 0.3) is 5.91 Å². The molecule has 0 spiro atoms.